The van der Waals surface area contributed by atoms with Crippen LogP contribution in [0.25, 0.3) is 0 Å². The molecule has 0 radical (unpaired) electrons. The molecule has 0 saturated heterocycles. The molecule has 0 spiro atoms. The van der Waals surface area contributed by atoms with Gasteiger partial charge in [-0.1, -0.05) is 34.1 Å². The molecule has 0 saturated carbocycles. The van der Waals surface area contributed by atoms with E-state index in [1.54, 1.807) is 6.92 Å². The molecule has 0 aromatic heterocycles. The first-order valence-electron chi connectivity index (χ1n) is 6.70. The van der Waals surface area contributed by atoms with E-state index in [0.29, 0.717) is 11.1 Å². The first-order valence-corrected chi connectivity index (χ1v) is 7.49. The molecule has 1 N–H and O–H groups in total. The maximum absolute atomic E-state index is 12.3. The van der Waals surface area contributed by atoms with Gasteiger partial charge in [-0.3, -0.25) is 14.9 Å². The molecule has 6 heteroatoms. The van der Waals surface area contributed by atoms with Crippen molar-refractivity contribution in [1.82, 2.24) is 5.32 Å². The number of carbonyl (C=O) groups excluding carboxylic acids is 1. The van der Waals surface area contributed by atoms with E-state index in [-0.39, 0.29) is 17.6 Å². The molecule has 0 bridgehead atoms. The summed E-state index contributed by atoms with van der Waals surface area (Å²) in [5, 5.41) is 13.7. The molecule has 0 aliphatic carbocycles. The van der Waals surface area contributed by atoms with Gasteiger partial charge in [0.25, 0.3) is 11.6 Å². The monoisotopic (exact) mass is 362 g/mol. The van der Waals surface area contributed by atoms with Crippen LogP contribution in [0, 0.1) is 17.0 Å². The van der Waals surface area contributed by atoms with Gasteiger partial charge in [0.2, 0.25) is 0 Å². The smallest absolute Gasteiger partial charge is 0.272 e. The zero-order chi connectivity index (χ0) is 16.3. The summed E-state index contributed by atoms with van der Waals surface area (Å²) in [7, 11) is 0. The lowest BCUT2D eigenvalue weighted by molar-refractivity contribution is -0.385. The van der Waals surface area contributed by atoms with Crippen LogP contribution < -0.4 is 5.32 Å². The molecule has 2 aromatic carbocycles. The van der Waals surface area contributed by atoms with Crippen LogP contribution in [0.4, 0.5) is 5.69 Å². The van der Waals surface area contributed by atoms with Crippen LogP contribution in [-0.2, 0) is 0 Å². The summed E-state index contributed by atoms with van der Waals surface area (Å²) in [6.07, 6.45) is 0. The summed E-state index contributed by atoms with van der Waals surface area (Å²) in [4.78, 5) is 22.6. The van der Waals surface area contributed by atoms with Crippen molar-refractivity contribution in [3.8, 4) is 0 Å². The zero-order valence-corrected chi connectivity index (χ0v) is 13.8. The number of nitrogens with one attached hydrogen (secondary N) is 1. The van der Waals surface area contributed by atoms with Gasteiger partial charge < -0.3 is 5.32 Å². The van der Waals surface area contributed by atoms with E-state index in [0.717, 1.165) is 10.0 Å². The van der Waals surface area contributed by atoms with Crippen LogP contribution in [0.1, 0.15) is 34.5 Å². The highest BCUT2D eigenvalue weighted by Crippen LogP contribution is 2.24. The Kier molecular flexibility index (Phi) is 4.92. The van der Waals surface area contributed by atoms with Gasteiger partial charge in [-0.25, -0.2) is 0 Å². The van der Waals surface area contributed by atoms with E-state index >= 15 is 0 Å². The summed E-state index contributed by atoms with van der Waals surface area (Å²) in [6, 6.07) is 11.8. The van der Waals surface area contributed by atoms with Crippen molar-refractivity contribution in [2.24, 2.45) is 0 Å². The quantitative estimate of drug-likeness (QED) is 0.655. The number of amides is 1. The molecule has 2 rings (SSSR count). The lowest BCUT2D eigenvalue weighted by atomic mass is 10.1. The van der Waals surface area contributed by atoms with E-state index in [2.05, 4.69) is 21.2 Å². The number of nitro groups is 1. The highest BCUT2D eigenvalue weighted by atomic mass is 79.9. The van der Waals surface area contributed by atoms with Gasteiger partial charge in [0.05, 0.1) is 11.0 Å². The van der Waals surface area contributed by atoms with Crippen molar-refractivity contribution in [1.29, 1.82) is 0 Å². The second-order valence-corrected chi connectivity index (χ2v) is 5.83. The Morgan fingerprint density at radius 1 is 1.27 bits per heavy atom. The molecule has 114 valence electrons. The predicted molar refractivity (Wildman–Crippen MR) is 87.9 cm³/mol. The Balaban J connectivity index is 2.17. The number of hydrogen-bond donors (Lipinski definition) is 1. The fourth-order valence-electron chi connectivity index (χ4n) is 2.19. The van der Waals surface area contributed by atoms with E-state index in [1.165, 1.54) is 18.2 Å². The standard InChI is InChI=1S/C16H15BrN2O3/c1-10-9-12(7-8-15(10)19(21)22)16(20)18-11(2)13-5-3-4-6-14(13)17/h3-9,11H,1-2H3,(H,18,20)/t11-/m0/s1. The van der Waals surface area contributed by atoms with Gasteiger partial charge in [-0.15, -0.1) is 0 Å². The zero-order valence-electron chi connectivity index (χ0n) is 12.2. The Morgan fingerprint density at radius 3 is 2.55 bits per heavy atom. The molecule has 0 fully saturated rings. The van der Waals surface area contributed by atoms with Crippen LogP contribution in [0.5, 0.6) is 0 Å². The van der Waals surface area contributed by atoms with Crippen LogP contribution in [0.2, 0.25) is 0 Å². The van der Waals surface area contributed by atoms with Crippen molar-refractivity contribution in [2.75, 3.05) is 0 Å². The summed E-state index contributed by atoms with van der Waals surface area (Å²) in [6.45, 7) is 3.50. The molecule has 0 aliphatic heterocycles. The minimum atomic E-state index is -0.458. The normalized spacial score (nSPS) is 11.8. The minimum Gasteiger partial charge on any atom is -0.345 e. The van der Waals surface area contributed by atoms with Crippen LogP contribution in [-0.4, -0.2) is 10.8 Å². The topological polar surface area (TPSA) is 72.2 Å². The average molecular weight is 363 g/mol. The predicted octanol–water partition coefficient (Wildman–Crippen LogP) is 4.16. The van der Waals surface area contributed by atoms with E-state index in [9.17, 15) is 14.9 Å². The van der Waals surface area contributed by atoms with Gasteiger partial charge in [0.15, 0.2) is 0 Å². The van der Waals surface area contributed by atoms with Crippen molar-refractivity contribution >= 4 is 27.5 Å². The van der Waals surface area contributed by atoms with Crippen LogP contribution in [0.3, 0.4) is 0 Å². The number of aryl methyl sites for hydroxylation is 1. The van der Waals surface area contributed by atoms with Gasteiger partial charge in [0.1, 0.15) is 0 Å². The highest BCUT2D eigenvalue weighted by molar-refractivity contribution is 9.10. The number of halogens is 1. The first-order chi connectivity index (χ1) is 10.4. The van der Waals surface area contributed by atoms with Gasteiger partial charge in [-0.05, 0) is 37.6 Å². The number of carbonyl (C=O) groups is 1. The minimum absolute atomic E-state index is 0.00963. The van der Waals surface area contributed by atoms with Crippen molar-refractivity contribution in [3.63, 3.8) is 0 Å². The number of benzene rings is 2. The van der Waals surface area contributed by atoms with Gasteiger partial charge in [0, 0.05) is 21.7 Å². The SMILES string of the molecule is Cc1cc(C(=O)N[C@@H](C)c2ccccc2Br)ccc1[N+](=O)[O-]. The molecular formula is C16H15BrN2O3. The molecule has 1 atom stereocenters. The van der Waals surface area contributed by atoms with Crippen molar-refractivity contribution in [2.45, 2.75) is 19.9 Å². The van der Waals surface area contributed by atoms with Crippen LogP contribution in [0.15, 0.2) is 46.9 Å². The van der Waals surface area contributed by atoms with Crippen molar-refractivity contribution < 1.29 is 9.72 Å². The fraction of sp³-hybridized carbons (Fsp3) is 0.188. The third kappa shape index (κ3) is 3.51. The second-order valence-electron chi connectivity index (χ2n) is 4.98. The average Bonchev–Trinajstić information content (AvgIpc) is 2.46. The second kappa shape index (κ2) is 6.70. The third-order valence-corrected chi connectivity index (χ3v) is 4.10. The molecule has 1 amide bonds. The largest absolute Gasteiger partial charge is 0.345 e. The number of hydrogen-bond acceptors (Lipinski definition) is 3. The molecule has 0 heterocycles. The number of nitrogens with zero attached hydrogens (tertiary/aromatic N) is 1. The Bertz CT molecular complexity index is 731. The Hall–Kier alpha value is -2.21. The molecule has 0 aliphatic rings. The lowest BCUT2D eigenvalue weighted by Gasteiger charge is -2.16. The summed E-state index contributed by atoms with van der Waals surface area (Å²) < 4.78 is 0.919. The summed E-state index contributed by atoms with van der Waals surface area (Å²) in [5.74, 6) is -0.263. The van der Waals surface area contributed by atoms with E-state index < -0.39 is 4.92 Å². The van der Waals surface area contributed by atoms with Gasteiger partial charge in [-0.2, -0.15) is 0 Å². The Morgan fingerprint density at radius 2 is 1.95 bits per heavy atom. The summed E-state index contributed by atoms with van der Waals surface area (Å²) in [5.41, 5.74) is 1.85. The Labute approximate surface area is 136 Å². The summed E-state index contributed by atoms with van der Waals surface area (Å²) >= 11 is 3.45. The maximum atomic E-state index is 12.3. The maximum Gasteiger partial charge on any atom is 0.272 e. The lowest BCUT2D eigenvalue weighted by Crippen LogP contribution is -2.26. The van der Waals surface area contributed by atoms with Crippen molar-refractivity contribution in [3.05, 3.63) is 73.7 Å². The van der Waals surface area contributed by atoms with E-state index in [1.807, 2.05) is 31.2 Å². The number of rotatable bonds is 4. The van der Waals surface area contributed by atoms with Gasteiger partial charge >= 0.3 is 0 Å². The highest BCUT2D eigenvalue weighted by Gasteiger charge is 2.16. The molecule has 2 aromatic rings. The molecule has 0 unspecified atom stereocenters. The fourth-order valence-corrected chi connectivity index (χ4v) is 2.81. The molecule has 22 heavy (non-hydrogen) atoms. The molecule has 5 nitrogen and oxygen atoms in total. The van der Waals surface area contributed by atoms with E-state index in [4.69, 9.17) is 0 Å². The molecular weight excluding hydrogens is 348 g/mol. The third-order valence-electron chi connectivity index (χ3n) is 3.38. The number of nitro benzene ring substituents is 1. The first kappa shape index (κ1) is 16.2. The van der Waals surface area contributed by atoms with Crippen LogP contribution >= 0.6 is 15.9 Å².